The predicted molar refractivity (Wildman–Crippen MR) is 86.9 cm³/mol. The molecule has 0 radical (unpaired) electrons. The second-order valence-corrected chi connectivity index (χ2v) is 5.85. The lowest BCUT2D eigenvalue weighted by Gasteiger charge is -2.28. The number of hydrogen-bond acceptors (Lipinski definition) is 3. The molecule has 5 heteroatoms. The van der Waals surface area contributed by atoms with Crippen LogP contribution in [0.3, 0.4) is 0 Å². The fourth-order valence-corrected chi connectivity index (χ4v) is 3.22. The van der Waals surface area contributed by atoms with Crippen molar-refractivity contribution in [1.29, 1.82) is 0 Å². The molecule has 1 heterocycles. The van der Waals surface area contributed by atoms with E-state index in [2.05, 4.69) is 0 Å². The van der Waals surface area contributed by atoms with Gasteiger partial charge in [0.1, 0.15) is 6.04 Å². The maximum atomic E-state index is 11.7. The monoisotopic (exact) mass is 316 g/mol. The standard InChI is InChI=1S/C17H17ClN2O2/c18-13-7-3-2-6-12(13)16(21)10-20-14-8-4-1-5-11(14)9-15(20)17(19)22/h1-8,15-16,21H,9-10H2,(H2,19,22)/t15-,16?/m0/s1. The highest BCUT2D eigenvalue weighted by atomic mass is 35.5. The predicted octanol–water partition coefficient (Wildman–Crippen LogP) is 2.29. The molecule has 1 amide bonds. The van der Waals surface area contributed by atoms with Crippen LogP contribution in [-0.2, 0) is 11.2 Å². The molecular weight excluding hydrogens is 300 g/mol. The molecule has 2 aromatic carbocycles. The maximum Gasteiger partial charge on any atom is 0.240 e. The van der Waals surface area contributed by atoms with E-state index in [0.717, 1.165) is 11.3 Å². The molecule has 0 saturated carbocycles. The molecule has 4 nitrogen and oxygen atoms in total. The Labute approximate surface area is 134 Å². The van der Waals surface area contributed by atoms with Crippen molar-refractivity contribution in [2.45, 2.75) is 18.6 Å². The second kappa shape index (κ2) is 5.99. The minimum absolute atomic E-state index is 0.272. The van der Waals surface area contributed by atoms with E-state index in [1.54, 1.807) is 12.1 Å². The number of carbonyl (C=O) groups excluding carboxylic acids is 1. The van der Waals surface area contributed by atoms with Crippen LogP contribution >= 0.6 is 11.6 Å². The molecule has 0 fully saturated rings. The van der Waals surface area contributed by atoms with Gasteiger partial charge >= 0.3 is 0 Å². The Morgan fingerprint density at radius 1 is 1.27 bits per heavy atom. The van der Waals surface area contributed by atoms with Gasteiger partial charge in [-0.1, -0.05) is 48.0 Å². The summed E-state index contributed by atoms with van der Waals surface area (Å²) in [6.45, 7) is 0.272. The van der Waals surface area contributed by atoms with Gasteiger partial charge in [-0.05, 0) is 17.7 Å². The fraction of sp³-hybridized carbons (Fsp3) is 0.235. The zero-order valence-electron chi connectivity index (χ0n) is 11.9. The van der Waals surface area contributed by atoms with E-state index in [4.69, 9.17) is 17.3 Å². The Morgan fingerprint density at radius 2 is 1.95 bits per heavy atom. The first-order chi connectivity index (χ1) is 10.6. The summed E-state index contributed by atoms with van der Waals surface area (Å²) in [5.41, 5.74) is 8.18. The summed E-state index contributed by atoms with van der Waals surface area (Å²) in [6, 6.07) is 14.5. The molecule has 22 heavy (non-hydrogen) atoms. The minimum Gasteiger partial charge on any atom is -0.387 e. The Hall–Kier alpha value is -2.04. The third kappa shape index (κ3) is 2.67. The molecule has 1 unspecified atom stereocenters. The van der Waals surface area contributed by atoms with Crippen LogP contribution in [0.1, 0.15) is 17.2 Å². The Morgan fingerprint density at radius 3 is 2.68 bits per heavy atom. The van der Waals surface area contributed by atoms with E-state index >= 15 is 0 Å². The molecule has 2 atom stereocenters. The quantitative estimate of drug-likeness (QED) is 0.909. The normalized spacial score (nSPS) is 18.1. The molecule has 0 aliphatic carbocycles. The first kappa shape index (κ1) is 14.9. The van der Waals surface area contributed by atoms with Crippen LogP contribution in [-0.4, -0.2) is 23.6 Å². The van der Waals surface area contributed by atoms with Gasteiger partial charge in [-0.25, -0.2) is 0 Å². The van der Waals surface area contributed by atoms with Gasteiger partial charge in [0.05, 0.1) is 6.10 Å². The number of hydrogen-bond donors (Lipinski definition) is 2. The lowest BCUT2D eigenvalue weighted by atomic mass is 10.1. The van der Waals surface area contributed by atoms with Crippen LogP contribution in [0.2, 0.25) is 5.02 Å². The van der Waals surface area contributed by atoms with Gasteiger partial charge in [-0.15, -0.1) is 0 Å². The van der Waals surface area contributed by atoms with Crippen LogP contribution in [0.4, 0.5) is 5.69 Å². The smallest absolute Gasteiger partial charge is 0.240 e. The van der Waals surface area contributed by atoms with Crippen molar-refractivity contribution in [3.63, 3.8) is 0 Å². The molecule has 3 N–H and O–H groups in total. The molecule has 0 bridgehead atoms. The summed E-state index contributed by atoms with van der Waals surface area (Å²) in [7, 11) is 0. The molecular formula is C17H17ClN2O2. The van der Waals surface area contributed by atoms with E-state index < -0.39 is 12.1 Å². The number of rotatable bonds is 4. The Balaban J connectivity index is 1.89. The number of benzene rings is 2. The largest absolute Gasteiger partial charge is 0.387 e. The number of nitrogens with zero attached hydrogens (tertiary/aromatic N) is 1. The number of nitrogens with two attached hydrogens (primary N) is 1. The number of carbonyl (C=O) groups is 1. The maximum absolute atomic E-state index is 11.7. The van der Waals surface area contributed by atoms with Crippen molar-refractivity contribution in [3.05, 3.63) is 64.7 Å². The molecule has 0 saturated heterocycles. The number of halogens is 1. The topological polar surface area (TPSA) is 66.6 Å². The summed E-state index contributed by atoms with van der Waals surface area (Å²) in [5.74, 6) is -0.387. The minimum atomic E-state index is -0.790. The number of β-amino-alcohol motifs (C(OH)–C–C–N with tert-alkyl or cyclic N) is 1. The van der Waals surface area contributed by atoms with Crippen LogP contribution in [0.25, 0.3) is 0 Å². The molecule has 3 rings (SSSR count). The Bertz CT molecular complexity index is 705. The number of para-hydroxylation sites is 1. The first-order valence-electron chi connectivity index (χ1n) is 7.14. The number of amides is 1. The van der Waals surface area contributed by atoms with E-state index in [-0.39, 0.29) is 12.5 Å². The molecule has 114 valence electrons. The highest BCUT2D eigenvalue weighted by molar-refractivity contribution is 6.31. The van der Waals surface area contributed by atoms with Crippen LogP contribution in [0, 0.1) is 0 Å². The molecule has 2 aromatic rings. The van der Waals surface area contributed by atoms with E-state index in [0.29, 0.717) is 17.0 Å². The van der Waals surface area contributed by atoms with Gasteiger partial charge in [0.25, 0.3) is 0 Å². The Kier molecular flexibility index (Phi) is 4.05. The summed E-state index contributed by atoms with van der Waals surface area (Å²) in [6.07, 6.45) is -0.220. The number of anilines is 1. The second-order valence-electron chi connectivity index (χ2n) is 5.44. The summed E-state index contributed by atoms with van der Waals surface area (Å²) < 4.78 is 0. The number of aliphatic hydroxyl groups is 1. The van der Waals surface area contributed by atoms with Crippen molar-refractivity contribution in [3.8, 4) is 0 Å². The number of aliphatic hydroxyl groups excluding tert-OH is 1. The third-order valence-electron chi connectivity index (χ3n) is 4.05. The average molecular weight is 317 g/mol. The number of fused-ring (bicyclic) bond motifs is 1. The summed E-state index contributed by atoms with van der Waals surface area (Å²) in [5, 5.41) is 11.0. The third-order valence-corrected chi connectivity index (χ3v) is 4.40. The molecule has 0 spiro atoms. The molecule has 0 aromatic heterocycles. The van der Waals surface area contributed by atoms with Gasteiger partial charge in [0, 0.05) is 29.2 Å². The van der Waals surface area contributed by atoms with Gasteiger partial charge in [-0.2, -0.15) is 0 Å². The van der Waals surface area contributed by atoms with Gasteiger partial charge < -0.3 is 15.7 Å². The lowest BCUT2D eigenvalue weighted by Crippen LogP contribution is -2.44. The summed E-state index contributed by atoms with van der Waals surface area (Å²) in [4.78, 5) is 13.6. The van der Waals surface area contributed by atoms with Crippen molar-refractivity contribution in [2.75, 3.05) is 11.4 Å². The van der Waals surface area contributed by atoms with Gasteiger partial charge in [-0.3, -0.25) is 4.79 Å². The summed E-state index contributed by atoms with van der Waals surface area (Å²) >= 11 is 6.13. The van der Waals surface area contributed by atoms with Crippen LogP contribution in [0.5, 0.6) is 0 Å². The lowest BCUT2D eigenvalue weighted by molar-refractivity contribution is -0.119. The molecule has 1 aliphatic rings. The van der Waals surface area contributed by atoms with Crippen LogP contribution in [0.15, 0.2) is 48.5 Å². The van der Waals surface area contributed by atoms with Gasteiger partial charge in [0.2, 0.25) is 5.91 Å². The first-order valence-corrected chi connectivity index (χ1v) is 7.52. The fourth-order valence-electron chi connectivity index (χ4n) is 2.96. The number of primary amides is 1. The zero-order valence-corrected chi connectivity index (χ0v) is 12.7. The van der Waals surface area contributed by atoms with Crippen molar-refractivity contribution in [1.82, 2.24) is 0 Å². The van der Waals surface area contributed by atoms with Crippen LogP contribution < -0.4 is 10.6 Å². The van der Waals surface area contributed by atoms with E-state index in [9.17, 15) is 9.90 Å². The zero-order chi connectivity index (χ0) is 15.7. The van der Waals surface area contributed by atoms with E-state index in [1.807, 2.05) is 41.3 Å². The van der Waals surface area contributed by atoms with Gasteiger partial charge in [0.15, 0.2) is 0 Å². The van der Waals surface area contributed by atoms with E-state index in [1.165, 1.54) is 0 Å². The highest BCUT2D eigenvalue weighted by Gasteiger charge is 2.34. The van der Waals surface area contributed by atoms with Crippen molar-refractivity contribution >= 4 is 23.2 Å². The van der Waals surface area contributed by atoms with Crippen molar-refractivity contribution < 1.29 is 9.90 Å². The highest BCUT2D eigenvalue weighted by Crippen LogP contribution is 2.34. The SMILES string of the molecule is NC(=O)[C@@H]1Cc2ccccc2N1CC(O)c1ccccc1Cl. The molecule has 1 aliphatic heterocycles. The van der Waals surface area contributed by atoms with Crippen molar-refractivity contribution in [2.24, 2.45) is 5.73 Å². The average Bonchev–Trinajstić information content (AvgIpc) is 2.87.